The molecule has 0 saturated heterocycles. The SMILES string of the molecule is CC(C)c1ccc(-c2ccc(-c3cccc4oc(-c5ccccc5N=Cc5cccc(C(C)(C)C)c5)nc34)c3oc4ccccc4c23)cc1. The number of aromatic nitrogens is 1. The first-order valence-electron chi connectivity index (χ1n) is 16.9. The normalized spacial score (nSPS) is 12.3. The van der Waals surface area contributed by atoms with Crippen molar-refractivity contribution in [3.05, 3.63) is 144 Å². The van der Waals surface area contributed by atoms with Crippen LogP contribution in [0.1, 0.15) is 57.2 Å². The summed E-state index contributed by atoms with van der Waals surface area (Å²) in [6.07, 6.45) is 1.92. The van der Waals surface area contributed by atoms with Crippen LogP contribution < -0.4 is 0 Å². The zero-order chi connectivity index (χ0) is 33.7. The molecule has 0 aliphatic carbocycles. The van der Waals surface area contributed by atoms with E-state index in [4.69, 9.17) is 18.8 Å². The lowest BCUT2D eigenvalue weighted by molar-refractivity contribution is 0.590. The molecule has 0 atom stereocenters. The summed E-state index contributed by atoms with van der Waals surface area (Å²) in [6, 6.07) is 44.2. The van der Waals surface area contributed by atoms with Gasteiger partial charge in [0.15, 0.2) is 5.58 Å². The van der Waals surface area contributed by atoms with Crippen molar-refractivity contribution in [1.82, 2.24) is 4.98 Å². The molecule has 0 bridgehead atoms. The first kappa shape index (κ1) is 30.6. The molecular weight excluding hydrogens is 601 g/mol. The second-order valence-corrected chi connectivity index (χ2v) is 14.1. The minimum atomic E-state index is 0.0605. The molecule has 6 aromatic carbocycles. The van der Waals surface area contributed by atoms with Crippen molar-refractivity contribution >= 4 is 44.9 Å². The molecule has 49 heavy (non-hydrogen) atoms. The molecule has 0 unspecified atom stereocenters. The molecule has 0 N–H and O–H groups in total. The topological polar surface area (TPSA) is 51.5 Å². The Hall–Kier alpha value is -5.74. The van der Waals surface area contributed by atoms with Crippen LogP contribution in [0.15, 0.2) is 141 Å². The molecule has 240 valence electrons. The smallest absolute Gasteiger partial charge is 0.229 e. The summed E-state index contributed by atoms with van der Waals surface area (Å²) in [5.41, 5.74) is 12.8. The minimum absolute atomic E-state index is 0.0605. The van der Waals surface area contributed by atoms with Gasteiger partial charge in [-0.2, -0.15) is 0 Å². The molecule has 0 aliphatic rings. The number of benzene rings is 6. The van der Waals surface area contributed by atoms with Crippen LogP contribution in [0.5, 0.6) is 0 Å². The number of oxazole rings is 1. The second kappa shape index (κ2) is 12.1. The zero-order valence-corrected chi connectivity index (χ0v) is 28.5. The van der Waals surface area contributed by atoms with E-state index in [2.05, 4.69) is 113 Å². The molecule has 8 rings (SSSR count). The van der Waals surface area contributed by atoms with E-state index >= 15 is 0 Å². The van der Waals surface area contributed by atoms with E-state index in [1.807, 2.05) is 54.7 Å². The molecule has 0 fully saturated rings. The lowest BCUT2D eigenvalue weighted by Gasteiger charge is -2.19. The summed E-state index contributed by atoms with van der Waals surface area (Å²) in [7, 11) is 0. The van der Waals surface area contributed by atoms with Crippen molar-refractivity contribution < 1.29 is 8.83 Å². The van der Waals surface area contributed by atoms with E-state index in [0.29, 0.717) is 17.4 Å². The van der Waals surface area contributed by atoms with Crippen molar-refractivity contribution in [2.24, 2.45) is 4.99 Å². The Kier molecular flexibility index (Phi) is 7.52. The number of aliphatic imine (C=N–C) groups is 1. The number of para-hydroxylation sites is 3. The van der Waals surface area contributed by atoms with Crippen molar-refractivity contribution in [3.63, 3.8) is 0 Å². The van der Waals surface area contributed by atoms with Crippen LogP contribution in [0, 0.1) is 0 Å². The molecule has 0 spiro atoms. The molecule has 4 nitrogen and oxygen atoms in total. The van der Waals surface area contributed by atoms with Crippen molar-refractivity contribution in [3.8, 4) is 33.7 Å². The van der Waals surface area contributed by atoms with Gasteiger partial charge in [0, 0.05) is 28.1 Å². The fourth-order valence-electron chi connectivity index (χ4n) is 6.61. The standard InChI is InChI=1S/C45H38N2O2/c1-28(2)30-20-22-31(23-21-30)33-24-25-35(43-41(33)37-15-7-9-18-39(37)48-43)34-16-11-19-40-42(34)47-44(49-40)36-14-6-8-17-38(36)46-27-29-12-10-13-32(26-29)45(3,4)5/h6-28H,1-5H3. The maximum Gasteiger partial charge on any atom is 0.229 e. The van der Waals surface area contributed by atoms with Crippen LogP contribution in [0.2, 0.25) is 0 Å². The third kappa shape index (κ3) is 5.63. The lowest BCUT2D eigenvalue weighted by Crippen LogP contribution is -2.11. The summed E-state index contributed by atoms with van der Waals surface area (Å²) in [5.74, 6) is 1.00. The molecule has 0 amide bonds. The second-order valence-electron chi connectivity index (χ2n) is 14.1. The summed E-state index contributed by atoms with van der Waals surface area (Å²) >= 11 is 0. The van der Waals surface area contributed by atoms with Crippen molar-refractivity contribution in [2.75, 3.05) is 0 Å². The molecule has 8 aromatic rings. The van der Waals surface area contributed by atoms with E-state index in [0.717, 1.165) is 66.5 Å². The highest BCUT2D eigenvalue weighted by atomic mass is 16.3. The zero-order valence-electron chi connectivity index (χ0n) is 28.5. The van der Waals surface area contributed by atoms with E-state index in [-0.39, 0.29) is 5.41 Å². The van der Waals surface area contributed by atoms with E-state index < -0.39 is 0 Å². The van der Waals surface area contributed by atoms with Crippen LogP contribution in [-0.4, -0.2) is 11.2 Å². The highest BCUT2D eigenvalue weighted by Gasteiger charge is 2.21. The van der Waals surface area contributed by atoms with Gasteiger partial charge >= 0.3 is 0 Å². The highest BCUT2D eigenvalue weighted by Crippen LogP contribution is 2.44. The average Bonchev–Trinajstić information content (AvgIpc) is 3.73. The van der Waals surface area contributed by atoms with Gasteiger partial charge in [0.25, 0.3) is 0 Å². The maximum absolute atomic E-state index is 6.65. The van der Waals surface area contributed by atoms with Crippen molar-refractivity contribution in [1.29, 1.82) is 0 Å². The molecule has 2 heterocycles. The average molecular weight is 639 g/mol. The fourth-order valence-corrected chi connectivity index (χ4v) is 6.61. The van der Waals surface area contributed by atoms with Crippen LogP contribution in [0.3, 0.4) is 0 Å². The van der Waals surface area contributed by atoms with Gasteiger partial charge in [-0.3, -0.25) is 4.99 Å². The Labute approximate surface area is 286 Å². The number of nitrogens with zero attached hydrogens (tertiary/aromatic N) is 2. The Bertz CT molecular complexity index is 2510. The van der Waals surface area contributed by atoms with Crippen LogP contribution in [-0.2, 0) is 5.41 Å². The van der Waals surface area contributed by atoms with Gasteiger partial charge in [-0.25, -0.2) is 4.98 Å². The molecule has 4 heteroatoms. The Morgan fingerprint density at radius 2 is 1.37 bits per heavy atom. The first-order valence-corrected chi connectivity index (χ1v) is 16.9. The van der Waals surface area contributed by atoms with Gasteiger partial charge < -0.3 is 8.83 Å². The number of furan rings is 1. The number of fused-ring (bicyclic) bond motifs is 4. The van der Waals surface area contributed by atoms with Gasteiger partial charge in [0.2, 0.25) is 5.89 Å². The first-order chi connectivity index (χ1) is 23.7. The van der Waals surface area contributed by atoms with E-state index in [9.17, 15) is 0 Å². The number of hydrogen-bond acceptors (Lipinski definition) is 4. The Morgan fingerprint density at radius 1 is 0.653 bits per heavy atom. The van der Waals surface area contributed by atoms with Gasteiger partial charge in [-0.15, -0.1) is 0 Å². The van der Waals surface area contributed by atoms with Crippen LogP contribution >= 0.6 is 0 Å². The molecule has 0 radical (unpaired) electrons. The summed E-state index contributed by atoms with van der Waals surface area (Å²) in [4.78, 5) is 10.0. The third-order valence-corrected chi connectivity index (χ3v) is 9.36. The largest absolute Gasteiger partial charge is 0.455 e. The minimum Gasteiger partial charge on any atom is -0.455 e. The van der Waals surface area contributed by atoms with Gasteiger partial charge in [0.1, 0.15) is 16.7 Å². The lowest BCUT2D eigenvalue weighted by atomic mass is 9.86. The van der Waals surface area contributed by atoms with E-state index in [1.54, 1.807) is 0 Å². The maximum atomic E-state index is 6.65. The number of rotatable bonds is 6. The number of hydrogen-bond donors (Lipinski definition) is 0. The summed E-state index contributed by atoms with van der Waals surface area (Å²) < 4.78 is 13.1. The van der Waals surface area contributed by atoms with Crippen LogP contribution in [0.25, 0.3) is 66.7 Å². The Morgan fingerprint density at radius 3 is 2.18 bits per heavy atom. The predicted molar refractivity (Wildman–Crippen MR) is 204 cm³/mol. The van der Waals surface area contributed by atoms with Gasteiger partial charge in [-0.05, 0) is 75.5 Å². The van der Waals surface area contributed by atoms with E-state index in [1.165, 1.54) is 11.1 Å². The van der Waals surface area contributed by atoms with Gasteiger partial charge in [-0.1, -0.05) is 126 Å². The monoisotopic (exact) mass is 638 g/mol. The molecule has 0 aliphatic heterocycles. The summed E-state index contributed by atoms with van der Waals surface area (Å²) in [5, 5.41) is 2.19. The van der Waals surface area contributed by atoms with Gasteiger partial charge in [0.05, 0.1) is 11.3 Å². The Balaban J connectivity index is 1.24. The predicted octanol–water partition coefficient (Wildman–Crippen LogP) is 12.9. The summed E-state index contributed by atoms with van der Waals surface area (Å²) in [6.45, 7) is 11.1. The van der Waals surface area contributed by atoms with Crippen LogP contribution in [0.4, 0.5) is 5.69 Å². The quantitative estimate of drug-likeness (QED) is 0.170. The third-order valence-electron chi connectivity index (χ3n) is 9.36. The molecule has 0 saturated carbocycles. The fraction of sp³-hybridized carbons (Fsp3) is 0.156. The van der Waals surface area contributed by atoms with Crippen molar-refractivity contribution in [2.45, 2.75) is 46.0 Å². The highest BCUT2D eigenvalue weighted by molar-refractivity contribution is 6.17. The molecule has 2 aromatic heterocycles. The molecular formula is C45H38N2O2.